The molecule has 1 N–H and O–H groups in total. The highest BCUT2D eigenvalue weighted by atomic mass is 32.1. The minimum absolute atomic E-state index is 0.0431. The van der Waals surface area contributed by atoms with E-state index in [1.165, 1.54) is 0 Å². The number of aromatic amines is 1. The van der Waals surface area contributed by atoms with Gasteiger partial charge in [-0.2, -0.15) is 5.10 Å². The maximum Gasteiger partial charge on any atom is 0.253 e. The Labute approximate surface area is 261 Å². The first-order chi connectivity index (χ1) is 21.5. The van der Waals surface area contributed by atoms with Gasteiger partial charge in [0.1, 0.15) is 10.8 Å². The van der Waals surface area contributed by atoms with Gasteiger partial charge in [0.15, 0.2) is 0 Å². The Morgan fingerprint density at radius 3 is 2.41 bits per heavy atom. The third kappa shape index (κ3) is 5.46. The van der Waals surface area contributed by atoms with Gasteiger partial charge in [-0.1, -0.05) is 0 Å². The Morgan fingerprint density at radius 2 is 1.73 bits per heavy atom. The molecule has 0 bridgehead atoms. The zero-order valence-corrected chi connectivity index (χ0v) is 25.8. The van der Waals surface area contributed by atoms with Crippen LogP contribution in [0, 0.1) is 5.41 Å². The molecule has 4 aromatic rings. The van der Waals surface area contributed by atoms with Crippen molar-refractivity contribution in [3.05, 3.63) is 77.0 Å². The second-order valence-corrected chi connectivity index (χ2v) is 12.9. The number of H-pyrrole nitrogens is 1. The van der Waals surface area contributed by atoms with Gasteiger partial charge in [-0.3, -0.25) is 19.6 Å². The summed E-state index contributed by atoms with van der Waals surface area (Å²) in [5.74, 6) is 0.901. The van der Waals surface area contributed by atoms with E-state index in [9.17, 15) is 9.59 Å². The Balaban J connectivity index is 0.942. The summed E-state index contributed by atoms with van der Waals surface area (Å²) in [5, 5.41) is 10.1. The maximum atomic E-state index is 13.8. The molecule has 3 fully saturated rings. The monoisotopic (exact) mass is 611 g/mol. The normalized spacial score (nSPS) is 18.8. The molecule has 3 aliphatic heterocycles. The molecule has 44 heavy (non-hydrogen) atoms. The fraction of sp³-hybridized carbons (Fsp3) is 0.394. The summed E-state index contributed by atoms with van der Waals surface area (Å²) in [5.41, 5.74) is 4.14. The molecular weight excluding hydrogens is 574 g/mol. The van der Waals surface area contributed by atoms with Crippen LogP contribution in [0.3, 0.4) is 0 Å². The van der Waals surface area contributed by atoms with Gasteiger partial charge in [0.2, 0.25) is 5.91 Å². The van der Waals surface area contributed by atoms with Crippen LogP contribution in [0.1, 0.15) is 34.6 Å². The van der Waals surface area contributed by atoms with E-state index in [4.69, 9.17) is 4.74 Å². The van der Waals surface area contributed by atoms with Crippen LogP contribution in [-0.2, 0) is 11.3 Å². The molecule has 5 heterocycles. The summed E-state index contributed by atoms with van der Waals surface area (Å²) in [6.45, 7) is 6.66. The summed E-state index contributed by atoms with van der Waals surface area (Å²) in [6, 6.07) is 13.9. The van der Waals surface area contributed by atoms with Crippen LogP contribution in [-0.4, -0.2) is 89.7 Å². The van der Waals surface area contributed by atoms with Gasteiger partial charge in [0.05, 0.1) is 25.3 Å². The molecule has 0 aliphatic carbocycles. The van der Waals surface area contributed by atoms with Crippen molar-refractivity contribution in [1.82, 2.24) is 25.0 Å². The molecule has 11 heteroatoms. The third-order valence-electron chi connectivity index (χ3n) is 9.52. The van der Waals surface area contributed by atoms with Crippen LogP contribution in [0.15, 0.2) is 66.4 Å². The lowest BCUT2D eigenvalue weighted by Gasteiger charge is -2.38. The number of hydrogen-bond donors (Lipinski definition) is 1. The largest absolute Gasteiger partial charge is 0.496 e. The van der Waals surface area contributed by atoms with Crippen molar-refractivity contribution >= 4 is 34.5 Å². The molecular formula is C33H37N7O3S. The van der Waals surface area contributed by atoms with E-state index in [1.807, 2.05) is 57.9 Å². The van der Waals surface area contributed by atoms with E-state index in [1.54, 1.807) is 24.6 Å². The first-order valence-corrected chi connectivity index (χ1v) is 16.2. The van der Waals surface area contributed by atoms with Crippen LogP contribution < -0.4 is 14.5 Å². The number of piperidine rings is 1. The number of thiazole rings is 1. The molecule has 7 rings (SSSR count). The Hall–Kier alpha value is -4.22. The molecule has 3 saturated heterocycles. The number of carbonyl (C=O) groups is 2. The number of anilines is 2. The fourth-order valence-electron chi connectivity index (χ4n) is 6.84. The molecule has 2 amide bonds. The minimum atomic E-state index is -0.418. The summed E-state index contributed by atoms with van der Waals surface area (Å²) in [4.78, 5) is 40.3. The molecule has 2 aromatic carbocycles. The van der Waals surface area contributed by atoms with E-state index < -0.39 is 5.41 Å². The topological polar surface area (TPSA) is 97.9 Å². The lowest BCUT2D eigenvalue weighted by Crippen LogP contribution is -2.46. The SMILES string of the molecule is COc1cc(N2CCC3(CCN(C(=O)c4ccc(N5CCN(Cc6nccs6)CC5)cc4)CC3)C2=O)ccc1-c1cn[nH]c1. The van der Waals surface area contributed by atoms with E-state index in [2.05, 4.69) is 37.1 Å². The van der Waals surface area contributed by atoms with Crippen molar-refractivity contribution < 1.29 is 14.3 Å². The number of ether oxygens (including phenoxy) is 1. The first kappa shape index (κ1) is 28.5. The maximum absolute atomic E-state index is 13.8. The molecule has 10 nitrogen and oxygen atoms in total. The molecule has 228 valence electrons. The van der Waals surface area contributed by atoms with Gasteiger partial charge in [0, 0.05) is 97.7 Å². The van der Waals surface area contributed by atoms with E-state index >= 15 is 0 Å². The highest BCUT2D eigenvalue weighted by Gasteiger charge is 2.49. The minimum Gasteiger partial charge on any atom is -0.496 e. The number of piperazine rings is 1. The second kappa shape index (κ2) is 12.0. The summed E-state index contributed by atoms with van der Waals surface area (Å²) in [6.07, 6.45) is 7.61. The number of likely N-dealkylation sites (tertiary alicyclic amines) is 1. The lowest BCUT2D eigenvalue weighted by molar-refractivity contribution is -0.127. The molecule has 1 spiro atoms. The number of aromatic nitrogens is 3. The van der Waals surface area contributed by atoms with Crippen LogP contribution in [0.4, 0.5) is 11.4 Å². The number of carbonyl (C=O) groups excluding carboxylic acids is 2. The smallest absolute Gasteiger partial charge is 0.253 e. The fourth-order valence-corrected chi connectivity index (χ4v) is 7.49. The van der Waals surface area contributed by atoms with Crippen LogP contribution in [0.2, 0.25) is 0 Å². The van der Waals surface area contributed by atoms with E-state index in [0.717, 1.165) is 66.7 Å². The van der Waals surface area contributed by atoms with E-state index in [0.29, 0.717) is 43.8 Å². The van der Waals surface area contributed by atoms with Gasteiger partial charge < -0.3 is 19.4 Å². The second-order valence-electron chi connectivity index (χ2n) is 11.9. The van der Waals surface area contributed by atoms with Gasteiger partial charge in [-0.15, -0.1) is 11.3 Å². The summed E-state index contributed by atoms with van der Waals surface area (Å²) >= 11 is 1.71. The number of nitrogens with one attached hydrogen (secondary N) is 1. The highest BCUT2D eigenvalue weighted by molar-refractivity contribution is 7.09. The van der Waals surface area contributed by atoms with Crippen LogP contribution >= 0.6 is 11.3 Å². The average molecular weight is 612 g/mol. The zero-order chi connectivity index (χ0) is 30.1. The van der Waals surface area contributed by atoms with E-state index in [-0.39, 0.29) is 11.8 Å². The average Bonchev–Trinajstić information content (AvgIpc) is 3.85. The third-order valence-corrected chi connectivity index (χ3v) is 10.3. The Morgan fingerprint density at radius 1 is 0.977 bits per heavy atom. The Bertz CT molecular complexity index is 1590. The number of rotatable bonds is 7. The van der Waals surface area contributed by atoms with Crippen LogP contribution in [0.25, 0.3) is 11.1 Å². The van der Waals surface area contributed by atoms with Crippen molar-refractivity contribution in [2.45, 2.75) is 25.8 Å². The van der Waals surface area contributed by atoms with Crippen molar-refractivity contribution in [2.24, 2.45) is 5.41 Å². The van der Waals surface area contributed by atoms with Gasteiger partial charge >= 0.3 is 0 Å². The molecule has 2 aromatic heterocycles. The number of hydrogen-bond acceptors (Lipinski definition) is 8. The quantitative estimate of drug-likeness (QED) is 0.328. The van der Waals surface area contributed by atoms with Crippen LogP contribution in [0.5, 0.6) is 5.75 Å². The number of nitrogens with zero attached hydrogens (tertiary/aromatic N) is 6. The summed E-state index contributed by atoms with van der Waals surface area (Å²) in [7, 11) is 1.64. The molecule has 3 aliphatic rings. The standard InChI is InChI=1S/C33H37N7O3S/c1-43-29-20-27(6-7-28(29)25-21-35-36-22-25)40-14-10-33(32(40)42)8-12-39(13-9-33)31(41)24-2-4-26(5-3-24)38-17-15-37(16-18-38)23-30-34-11-19-44-30/h2-7,11,19-22H,8-10,12-18,23H2,1H3,(H,35,36). The molecule has 0 atom stereocenters. The Kier molecular flexibility index (Phi) is 7.82. The van der Waals surface area contributed by atoms with Crippen molar-refractivity contribution in [3.8, 4) is 16.9 Å². The molecule has 0 unspecified atom stereocenters. The number of benzene rings is 2. The van der Waals surface area contributed by atoms with Gasteiger partial charge in [-0.25, -0.2) is 4.98 Å². The summed E-state index contributed by atoms with van der Waals surface area (Å²) < 4.78 is 5.66. The van der Waals surface area contributed by atoms with Gasteiger partial charge in [0.25, 0.3) is 5.91 Å². The van der Waals surface area contributed by atoms with Crippen molar-refractivity contribution in [1.29, 1.82) is 0 Å². The van der Waals surface area contributed by atoms with Crippen molar-refractivity contribution in [3.63, 3.8) is 0 Å². The molecule has 0 radical (unpaired) electrons. The highest BCUT2D eigenvalue weighted by Crippen LogP contribution is 2.44. The first-order valence-electron chi connectivity index (χ1n) is 15.3. The molecule has 0 saturated carbocycles. The number of amides is 2. The van der Waals surface area contributed by atoms with Gasteiger partial charge in [-0.05, 0) is 55.7 Å². The lowest BCUT2D eigenvalue weighted by atomic mass is 9.77. The predicted octanol–water partition coefficient (Wildman–Crippen LogP) is 4.52. The predicted molar refractivity (Wildman–Crippen MR) is 171 cm³/mol. The zero-order valence-electron chi connectivity index (χ0n) is 24.9. The van der Waals surface area contributed by atoms with Crippen molar-refractivity contribution in [2.75, 3.05) is 62.7 Å². The number of methoxy groups -OCH3 is 1.